The van der Waals surface area contributed by atoms with Crippen molar-refractivity contribution in [2.75, 3.05) is 7.11 Å². The Labute approximate surface area is 100 Å². The van der Waals surface area contributed by atoms with Gasteiger partial charge in [0.1, 0.15) is 0 Å². The third kappa shape index (κ3) is 5.21. The van der Waals surface area contributed by atoms with E-state index in [-0.39, 0.29) is 23.0 Å². The van der Waals surface area contributed by atoms with E-state index in [9.17, 15) is 4.79 Å². The molecule has 0 N–H and O–H groups in total. The molecule has 0 amide bonds. The Morgan fingerprint density at radius 3 is 2.13 bits per heavy atom. The van der Waals surface area contributed by atoms with E-state index in [4.69, 9.17) is 0 Å². The summed E-state index contributed by atoms with van der Waals surface area (Å²) in [5.41, 5.74) is 0.609. The van der Waals surface area contributed by atoms with Crippen molar-refractivity contribution < 1.29 is 26.6 Å². The number of esters is 1. The number of carbonyl (C=O) groups excluding carboxylic acids is 1. The van der Waals surface area contributed by atoms with Gasteiger partial charge in [0.2, 0.25) is 0 Å². The smallest absolute Gasteiger partial charge is 0.280 e. The van der Waals surface area contributed by atoms with Crippen LogP contribution < -0.4 is 0 Å². The first kappa shape index (κ1) is 13.7. The van der Waals surface area contributed by atoms with Gasteiger partial charge in [-0.3, -0.25) is 4.79 Å². The molecule has 2 nitrogen and oxygen atoms in total. The third-order valence-electron chi connectivity index (χ3n) is 1.43. The molecule has 0 radical (unpaired) electrons. The Morgan fingerprint density at radius 2 is 1.80 bits per heavy atom. The molecule has 0 fully saturated rings. The fourth-order valence-electron chi connectivity index (χ4n) is 0.808. The van der Waals surface area contributed by atoms with Gasteiger partial charge in [-0.2, -0.15) is 12.1 Å². The third-order valence-corrected chi connectivity index (χ3v) is 1.43. The second-order valence-electron chi connectivity index (χ2n) is 2.35. The van der Waals surface area contributed by atoms with Crippen LogP contribution in [0.15, 0.2) is 30.3 Å². The summed E-state index contributed by atoms with van der Waals surface area (Å²) in [6.45, 7) is 0. The van der Waals surface area contributed by atoms with Gasteiger partial charge in [0.05, 0.1) is 7.11 Å². The molecule has 0 bridgehead atoms. The van der Waals surface area contributed by atoms with E-state index in [1.54, 1.807) is 30.3 Å². The van der Waals surface area contributed by atoms with Gasteiger partial charge >= 0.3 is 0 Å². The SMILES string of the molecule is COC(=O)[c-]1cccc1.[Fe].[c-]1[c-][c-][cH-][c-]1. The molecule has 3 heteroatoms. The molecule has 0 saturated carbocycles. The average Bonchev–Trinajstić information content (AvgIpc) is 2.91. The number of ether oxygens (including phenoxy) is 1. The molecular formula is C12H8FeO2-6. The minimum absolute atomic E-state index is 0. The second-order valence-corrected chi connectivity index (χ2v) is 2.35. The minimum Gasteiger partial charge on any atom is -0.999 e. The zero-order valence-corrected chi connectivity index (χ0v) is 9.16. The molecule has 0 atom stereocenters. The predicted molar refractivity (Wildman–Crippen MR) is 50.8 cm³/mol. The van der Waals surface area contributed by atoms with Crippen molar-refractivity contribution in [3.8, 4) is 0 Å². The molecular weight excluding hydrogens is 232 g/mol. The summed E-state index contributed by atoms with van der Waals surface area (Å²) < 4.78 is 4.46. The van der Waals surface area contributed by atoms with Crippen LogP contribution in [0.4, 0.5) is 0 Å². The van der Waals surface area contributed by atoms with Crippen molar-refractivity contribution >= 4 is 5.97 Å². The van der Waals surface area contributed by atoms with Crippen molar-refractivity contribution in [1.82, 2.24) is 0 Å². The van der Waals surface area contributed by atoms with Gasteiger partial charge in [-0.15, -0.1) is 0 Å². The molecule has 0 aromatic heterocycles. The van der Waals surface area contributed by atoms with E-state index in [1.807, 2.05) is 0 Å². The Hall–Kier alpha value is -1.31. The van der Waals surface area contributed by atoms with Crippen molar-refractivity contribution in [2.45, 2.75) is 0 Å². The largest absolute Gasteiger partial charge is 0.999 e. The molecule has 0 heterocycles. The quantitative estimate of drug-likeness (QED) is 0.431. The van der Waals surface area contributed by atoms with Crippen LogP contribution in [0.1, 0.15) is 10.4 Å². The van der Waals surface area contributed by atoms with Gasteiger partial charge in [0, 0.05) is 17.1 Å². The standard InChI is InChI=1S/C7H7O2.C5H.Fe/c1-9-7(8)6-4-2-3-5-6;1-2-4-5-3-1;/h2-5H,1H3;1H;/q-1;-5;. The number of hydrogen-bond acceptors (Lipinski definition) is 2. The Morgan fingerprint density at radius 1 is 1.27 bits per heavy atom. The van der Waals surface area contributed by atoms with E-state index >= 15 is 0 Å². The monoisotopic (exact) mass is 240 g/mol. The molecule has 0 unspecified atom stereocenters. The normalized spacial score (nSPS) is 8.07. The fourth-order valence-corrected chi connectivity index (χ4v) is 0.808. The van der Waals surface area contributed by atoms with Gasteiger partial charge in [-0.1, -0.05) is 5.56 Å². The van der Waals surface area contributed by atoms with E-state index < -0.39 is 0 Å². The number of rotatable bonds is 1. The van der Waals surface area contributed by atoms with Crippen molar-refractivity contribution in [3.63, 3.8) is 0 Å². The summed E-state index contributed by atoms with van der Waals surface area (Å²) in [6.07, 6.45) is 0. The van der Waals surface area contributed by atoms with Crippen LogP contribution in [-0.2, 0) is 21.8 Å². The first-order valence-electron chi connectivity index (χ1n) is 3.97. The van der Waals surface area contributed by atoms with Crippen LogP contribution in [0.3, 0.4) is 0 Å². The first-order valence-corrected chi connectivity index (χ1v) is 3.97. The average molecular weight is 240 g/mol. The maximum atomic E-state index is 10.7. The van der Waals surface area contributed by atoms with E-state index in [0.29, 0.717) is 5.56 Å². The zero-order chi connectivity index (χ0) is 10.2. The van der Waals surface area contributed by atoms with Crippen LogP contribution in [0.5, 0.6) is 0 Å². The topological polar surface area (TPSA) is 26.3 Å². The molecule has 0 aliphatic rings. The molecule has 0 spiro atoms. The van der Waals surface area contributed by atoms with Crippen molar-refractivity contribution in [1.29, 1.82) is 0 Å². The van der Waals surface area contributed by atoms with Gasteiger partial charge < -0.3 is 35.1 Å². The van der Waals surface area contributed by atoms with E-state index in [1.165, 1.54) is 7.11 Å². The summed E-state index contributed by atoms with van der Waals surface area (Å²) in [7, 11) is 1.37. The van der Waals surface area contributed by atoms with Crippen LogP contribution in [0.2, 0.25) is 0 Å². The maximum Gasteiger partial charge on any atom is 0.280 e. The number of hydrogen-bond donors (Lipinski definition) is 0. The van der Waals surface area contributed by atoms with E-state index in [0.717, 1.165) is 0 Å². The van der Waals surface area contributed by atoms with Crippen molar-refractivity contribution in [3.05, 3.63) is 60.2 Å². The molecule has 0 aliphatic heterocycles. The fraction of sp³-hybridized carbons (Fsp3) is 0.0833. The van der Waals surface area contributed by atoms with E-state index in [2.05, 4.69) is 29.0 Å². The van der Waals surface area contributed by atoms with Crippen LogP contribution in [0, 0.1) is 24.3 Å². The van der Waals surface area contributed by atoms with Crippen LogP contribution in [-0.4, -0.2) is 13.1 Å². The maximum absolute atomic E-state index is 10.7. The van der Waals surface area contributed by atoms with Gasteiger partial charge in [-0.05, 0) is 0 Å². The first-order chi connectivity index (χ1) is 6.84. The molecule has 0 aliphatic carbocycles. The Bertz CT molecular complexity index is 318. The summed E-state index contributed by atoms with van der Waals surface area (Å²) in [4.78, 5) is 10.7. The molecule has 2 rings (SSSR count). The molecule has 0 saturated heterocycles. The summed E-state index contributed by atoms with van der Waals surface area (Å²) in [5.74, 6) is -0.278. The number of methoxy groups -OCH3 is 1. The summed E-state index contributed by atoms with van der Waals surface area (Å²) >= 11 is 0. The summed E-state index contributed by atoms with van der Waals surface area (Å²) in [5, 5.41) is 0. The van der Waals surface area contributed by atoms with Gasteiger partial charge in [0.25, 0.3) is 5.97 Å². The Balaban J connectivity index is 0.000000280. The second kappa shape index (κ2) is 8.04. The van der Waals surface area contributed by atoms with Crippen molar-refractivity contribution in [2.24, 2.45) is 0 Å². The van der Waals surface area contributed by atoms with Crippen LogP contribution >= 0.6 is 0 Å². The van der Waals surface area contributed by atoms with Crippen LogP contribution in [0.25, 0.3) is 0 Å². The zero-order valence-electron chi connectivity index (χ0n) is 8.06. The molecule has 15 heavy (non-hydrogen) atoms. The molecule has 2 aromatic carbocycles. The number of carbonyl (C=O) groups is 1. The van der Waals surface area contributed by atoms with Gasteiger partial charge in [-0.25, -0.2) is 12.1 Å². The molecule has 82 valence electrons. The Kier molecular flexibility index (Phi) is 7.33. The predicted octanol–water partition coefficient (Wildman–Crippen LogP) is 1.80. The summed E-state index contributed by atoms with van der Waals surface area (Å²) in [6, 6.07) is 19.0. The minimum atomic E-state index is -0.278. The van der Waals surface area contributed by atoms with Gasteiger partial charge in [0.15, 0.2) is 0 Å². The molecule has 2 aromatic rings.